The molecule has 7 heteroatoms. The molecule has 0 fully saturated rings. The Labute approximate surface area is 148 Å². The lowest BCUT2D eigenvalue weighted by Gasteiger charge is -2.09. The molecule has 6 nitrogen and oxygen atoms in total. The number of fused-ring (bicyclic) bond motifs is 1. The topological polar surface area (TPSA) is 87.2 Å². The van der Waals surface area contributed by atoms with Gasteiger partial charge in [-0.25, -0.2) is 14.5 Å². The molecule has 0 aliphatic carbocycles. The number of carbonyl (C=O) groups is 1. The molecule has 0 bridgehead atoms. The van der Waals surface area contributed by atoms with Crippen LogP contribution in [0.5, 0.6) is 0 Å². The van der Waals surface area contributed by atoms with Crippen LogP contribution >= 0.6 is 11.8 Å². The number of esters is 1. The maximum absolute atomic E-state index is 12.4. The van der Waals surface area contributed by atoms with Crippen molar-refractivity contribution in [2.75, 3.05) is 13.0 Å². The first-order valence-corrected chi connectivity index (χ1v) is 8.56. The average Bonchev–Trinajstić information content (AvgIpc) is 2.63. The summed E-state index contributed by atoms with van der Waals surface area (Å²) < 4.78 is 5.75. The number of nitrogens with zero attached hydrogens (tertiary/aromatic N) is 2. The molecule has 1 aromatic heterocycles. The number of nitrogen functional groups attached to an aromatic ring is 1. The van der Waals surface area contributed by atoms with Crippen LogP contribution in [0.4, 0.5) is 0 Å². The summed E-state index contributed by atoms with van der Waals surface area (Å²) in [5, 5.41) is 0.745. The van der Waals surface area contributed by atoms with Crippen molar-refractivity contribution in [1.29, 1.82) is 0 Å². The van der Waals surface area contributed by atoms with Crippen molar-refractivity contribution in [3.8, 4) is 0 Å². The first-order chi connectivity index (χ1) is 12.0. The van der Waals surface area contributed by atoms with Gasteiger partial charge in [0.2, 0.25) is 0 Å². The Morgan fingerprint density at radius 2 is 1.96 bits per heavy atom. The molecule has 3 aromatic rings. The van der Waals surface area contributed by atoms with Gasteiger partial charge in [-0.3, -0.25) is 4.79 Å². The summed E-state index contributed by atoms with van der Waals surface area (Å²) >= 11 is 1.37. The third-order valence-electron chi connectivity index (χ3n) is 3.78. The summed E-state index contributed by atoms with van der Waals surface area (Å²) in [5.74, 6) is 6.04. The molecule has 2 N–H and O–H groups in total. The smallest absolute Gasteiger partial charge is 0.337 e. The van der Waals surface area contributed by atoms with E-state index in [1.165, 1.54) is 36.6 Å². The quantitative estimate of drug-likeness (QED) is 0.335. The number of hydrogen-bond acceptors (Lipinski definition) is 6. The van der Waals surface area contributed by atoms with E-state index < -0.39 is 5.97 Å². The predicted octanol–water partition coefficient (Wildman–Crippen LogP) is 2.50. The van der Waals surface area contributed by atoms with E-state index in [9.17, 15) is 9.59 Å². The standard InChI is InChI=1S/C18H17N3O3S/c1-11-3-5-12(6-4-11)10-25-18-20-15-9-13(17(23)24-2)7-8-14(15)16(22)21(18)19/h3-9H,10,19H2,1-2H3. The SMILES string of the molecule is COC(=O)c1ccc2c(=O)n(N)c(SCc3ccc(C)cc3)nc2c1. The maximum Gasteiger partial charge on any atom is 0.337 e. The molecule has 0 unspecified atom stereocenters. The fourth-order valence-electron chi connectivity index (χ4n) is 2.36. The molecule has 0 atom stereocenters. The average molecular weight is 355 g/mol. The highest BCUT2D eigenvalue weighted by Gasteiger charge is 2.13. The van der Waals surface area contributed by atoms with Crippen LogP contribution in [-0.2, 0) is 10.5 Å². The van der Waals surface area contributed by atoms with Gasteiger partial charge in [-0.05, 0) is 30.7 Å². The molecular formula is C18H17N3O3S. The fourth-order valence-corrected chi connectivity index (χ4v) is 3.23. The first-order valence-electron chi connectivity index (χ1n) is 7.58. The molecule has 0 aliphatic heterocycles. The van der Waals surface area contributed by atoms with Crippen LogP contribution < -0.4 is 11.4 Å². The Kier molecular flexibility index (Phi) is 4.76. The lowest BCUT2D eigenvalue weighted by molar-refractivity contribution is 0.0601. The summed E-state index contributed by atoms with van der Waals surface area (Å²) in [6.45, 7) is 2.03. The van der Waals surface area contributed by atoms with E-state index in [1.54, 1.807) is 6.07 Å². The van der Waals surface area contributed by atoms with Crippen molar-refractivity contribution in [2.24, 2.45) is 0 Å². The van der Waals surface area contributed by atoms with Crippen LogP contribution in [0.3, 0.4) is 0 Å². The molecule has 3 rings (SSSR count). The van der Waals surface area contributed by atoms with Gasteiger partial charge in [0.15, 0.2) is 5.16 Å². The normalized spacial score (nSPS) is 10.8. The number of aromatic nitrogens is 2. The summed E-state index contributed by atoms with van der Waals surface area (Å²) in [6, 6.07) is 12.7. The number of methoxy groups -OCH3 is 1. The second kappa shape index (κ2) is 6.98. The summed E-state index contributed by atoms with van der Waals surface area (Å²) in [5.41, 5.74) is 2.69. The van der Waals surface area contributed by atoms with Gasteiger partial charge >= 0.3 is 5.97 Å². The molecule has 0 amide bonds. The van der Waals surface area contributed by atoms with Crippen LogP contribution in [0.2, 0.25) is 0 Å². The number of aryl methyl sites for hydroxylation is 1. The highest BCUT2D eigenvalue weighted by Crippen LogP contribution is 2.22. The van der Waals surface area contributed by atoms with Gasteiger partial charge in [0.05, 0.1) is 23.6 Å². The van der Waals surface area contributed by atoms with Crippen molar-refractivity contribution in [1.82, 2.24) is 9.66 Å². The number of nitrogens with two attached hydrogens (primary N) is 1. The third-order valence-corrected chi connectivity index (χ3v) is 4.80. The second-order valence-corrected chi connectivity index (χ2v) is 6.51. The molecule has 0 saturated heterocycles. The molecule has 0 radical (unpaired) electrons. The molecule has 0 aliphatic rings. The highest BCUT2D eigenvalue weighted by atomic mass is 32.2. The van der Waals surface area contributed by atoms with E-state index >= 15 is 0 Å². The molecule has 25 heavy (non-hydrogen) atoms. The first kappa shape index (κ1) is 17.0. The van der Waals surface area contributed by atoms with Gasteiger partial charge in [-0.15, -0.1) is 0 Å². The Bertz CT molecular complexity index is 997. The number of benzene rings is 2. The Morgan fingerprint density at radius 3 is 2.64 bits per heavy atom. The fraction of sp³-hybridized carbons (Fsp3) is 0.167. The lowest BCUT2D eigenvalue weighted by atomic mass is 10.1. The third kappa shape index (κ3) is 3.51. The number of thioether (sulfide) groups is 1. The largest absolute Gasteiger partial charge is 0.465 e. The van der Waals surface area contributed by atoms with Crippen LogP contribution in [0.15, 0.2) is 52.4 Å². The number of ether oxygens (including phenoxy) is 1. The van der Waals surface area contributed by atoms with Crippen molar-refractivity contribution in [3.63, 3.8) is 0 Å². The van der Waals surface area contributed by atoms with E-state index in [0.717, 1.165) is 10.2 Å². The molecule has 0 spiro atoms. The number of carbonyl (C=O) groups excluding carboxylic acids is 1. The van der Waals surface area contributed by atoms with Gasteiger partial charge in [-0.2, -0.15) is 0 Å². The summed E-state index contributed by atoms with van der Waals surface area (Å²) in [7, 11) is 1.31. The van der Waals surface area contributed by atoms with Gasteiger partial charge < -0.3 is 10.6 Å². The van der Waals surface area contributed by atoms with Gasteiger partial charge in [0, 0.05) is 5.75 Å². The molecule has 0 saturated carbocycles. The Balaban J connectivity index is 1.96. The molecular weight excluding hydrogens is 338 g/mol. The second-order valence-electron chi connectivity index (χ2n) is 5.57. The van der Waals surface area contributed by atoms with Crippen LogP contribution in [0.25, 0.3) is 10.9 Å². The van der Waals surface area contributed by atoms with Gasteiger partial charge in [0.1, 0.15) is 0 Å². The Hall–Kier alpha value is -2.80. The van der Waals surface area contributed by atoms with Crippen molar-refractivity contribution in [3.05, 3.63) is 69.5 Å². The number of rotatable bonds is 4. The monoisotopic (exact) mass is 355 g/mol. The Morgan fingerprint density at radius 1 is 1.24 bits per heavy atom. The molecule has 128 valence electrons. The molecule has 2 aromatic carbocycles. The van der Waals surface area contributed by atoms with E-state index in [-0.39, 0.29) is 5.56 Å². The van der Waals surface area contributed by atoms with Crippen molar-refractivity contribution < 1.29 is 9.53 Å². The van der Waals surface area contributed by atoms with Crippen LogP contribution in [0, 0.1) is 6.92 Å². The summed E-state index contributed by atoms with van der Waals surface area (Å²) in [6.07, 6.45) is 0. The predicted molar refractivity (Wildman–Crippen MR) is 98.2 cm³/mol. The van der Waals surface area contributed by atoms with E-state index in [0.29, 0.717) is 27.4 Å². The summed E-state index contributed by atoms with van der Waals surface area (Å²) in [4.78, 5) is 28.5. The van der Waals surface area contributed by atoms with Crippen LogP contribution in [-0.4, -0.2) is 22.7 Å². The minimum Gasteiger partial charge on any atom is -0.465 e. The van der Waals surface area contributed by atoms with E-state index in [1.807, 2.05) is 31.2 Å². The number of hydrogen-bond donors (Lipinski definition) is 1. The minimum absolute atomic E-state index is 0.339. The van der Waals surface area contributed by atoms with Crippen molar-refractivity contribution >= 4 is 28.6 Å². The zero-order valence-electron chi connectivity index (χ0n) is 13.9. The van der Waals surface area contributed by atoms with Crippen molar-refractivity contribution in [2.45, 2.75) is 17.8 Å². The van der Waals surface area contributed by atoms with Gasteiger partial charge in [-0.1, -0.05) is 41.6 Å². The van der Waals surface area contributed by atoms with Gasteiger partial charge in [0.25, 0.3) is 5.56 Å². The maximum atomic E-state index is 12.4. The minimum atomic E-state index is -0.477. The van der Waals surface area contributed by atoms with Crippen LogP contribution in [0.1, 0.15) is 21.5 Å². The lowest BCUT2D eigenvalue weighted by Crippen LogP contribution is -2.29. The van der Waals surface area contributed by atoms with E-state index in [4.69, 9.17) is 10.6 Å². The van der Waals surface area contributed by atoms with E-state index in [2.05, 4.69) is 4.98 Å². The zero-order chi connectivity index (χ0) is 18.0. The molecule has 1 heterocycles. The highest BCUT2D eigenvalue weighted by molar-refractivity contribution is 7.98. The zero-order valence-corrected chi connectivity index (χ0v) is 14.7.